The predicted molar refractivity (Wildman–Crippen MR) is 113 cm³/mol. The van der Waals surface area contributed by atoms with Gasteiger partial charge in [-0.05, 0) is 49.7 Å². The van der Waals surface area contributed by atoms with Crippen molar-refractivity contribution < 1.29 is 23.4 Å². The van der Waals surface area contributed by atoms with Crippen molar-refractivity contribution in [3.63, 3.8) is 0 Å². The van der Waals surface area contributed by atoms with Crippen molar-refractivity contribution in [2.45, 2.75) is 19.4 Å². The predicted octanol–water partition coefficient (Wildman–Crippen LogP) is 4.46. The van der Waals surface area contributed by atoms with E-state index in [-0.39, 0.29) is 23.4 Å². The molecule has 4 rings (SSSR count). The van der Waals surface area contributed by atoms with E-state index < -0.39 is 0 Å². The van der Waals surface area contributed by atoms with Crippen molar-refractivity contribution in [3.8, 4) is 17.1 Å². The lowest BCUT2D eigenvalue weighted by Crippen LogP contribution is -2.13. The molecule has 2 atom stereocenters. The number of hydrogen-bond acceptors (Lipinski definition) is 6. The zero-order valence-corrected chi connectivity index (χ0v) is 17.2. The van der Waals surface area contributed by atoms with Crippen LogP contribution in [0.25, 0.3) is 22.3 Å². The summed E-state index contributed by atoms with van der Waals surface area (Å²) in [7, 11) is 0. The summed E-state index contributed by atoms with van der Waals surface area (Å²) in [4.78, 5) is 23.9. The van der Waals surface area contributed by atoms with E-state index >= 15 is 0 Å². The summed E-state index contributed by atoms with van der Waals surface area (Å²) < 4.78 is 22.1. The molecule has 0 N–H and O–H groups in total. The average Bonchev–Trinajstić information content (AvgIpc) is 3.52. The highest BCUT2D eigenvalue weighted by atomic mass is 35.5. The maximum absolute atomic E-state index is 12.3. The molecule has 0 aliphatic heterocycles. The summed E-state index contributed by atoms with van der Waals surface area (Å²) >= 11 is 6.16. The molecule has 1 aromatic heterocycles. The smallest absolute Gasteiger partial charge is 0.311 e. The fourth-order valence-electron chi connectivity index (χ4n) is 3.21. The summed E-state index contributed by atoms with van der Waals surface area (Å²) in [6.07, 6.45) is 0.631. The van der Waals surface area contributed by atoms with Crippen LogP contribution in [0.15, 0.2) is 57.7 Å². The Bertz CT molecular complexity index is 1100. The number of ether oxygens (including phenoxy) is 3. The molecular weight excluding hydrogens is 408 g/mol. The fourth-order valence-corrected chi connectivity index (χ4v) is 3.43. The first kappa shape index (κ1) is 20.4. The second-order valence-electron chi connectivity index (χ2n) is 6.97. The Hall–Kier alpha value is -2.83. The van der Waals surface area contributed by atoms with Crippen LogP contribution in [0.4, 0.5) is 0 Å². The Kier molecular flexibility index (Phi) is 6.06. The van der Waals surface area contributed by atoms with E-state index in [2.05, 4.69) is 0 Å². The van der Waals surface area contributed by atoms with Crippen molar-refractivity contribution in [3.05, 3.63) is 63.8 Å². The first-order valence-electron chi connectivity index (χ1n) is 9.80. The van der Waals surface area contributed by atoms with Gasteiger partial charge in [0.15, 0.2) is 11.0 Å². The normalized spacial score (nSPS) is 17.7. The number of fused-ring (bicyclic) bond motifs is 1. The molecule has 1 aliphatic rings. The van der Waals surface area contributed by atoms with Gasteiger partial charge in [0, 0.05) is 11.6 Å². The van der Waals surface area contributed by atoms with Gasteiger partial charge in [0.05, 0.1) is 35.6 Å². The highest BCUT2D eigenvalue weighted by molar-refractivity contribution is 6.34. The highest BCUT2D eigenvalue weighted by Crippen LogP contribution is 2.34. The SMILES string of the molecule is CCOC(=O)C1CC1OCCOc1ccc(-c2cc(=O)c3cccc(Cl)c3o2)cc1. The van der Waals surface area contributed by atoms with Crippen LogP contribution in [0.5, 0.6) is 5.75 Å². The number of carbonyl (C=O) groups is 1. The minimum atomic E-state index is -0.194. The monoisotopic (exact) mass is 428 g/mol. The minimum absolute atomic E-state index is 0.0716. The van der Waals surface area contributed by atoms with E-state index in [0.29, 0.717) is 53.7 Å². The molecule has 1 aliphatic carbocycles. The second kappa shape index (κ2) is 8.90. The van der Waals surface area contributed by atoms with Crippen LogP contribution in [0.2, 0.25) is 5.02 Å². The Labute approximate surface area is 178 Å². The molecule has 0 spiro atoms. The van der Waals surface area contributed by atoms with Gasteiger partial charge in [0.25, 0.3) is 0 Å². The maximum Gasteiger partial charge on any atom is 0.311 e. The molecule has 1 saturated carbocycles. The number of benzene rings is 2. The van der Waals surface area contributed by atoms with Gasteiger partial charge in [-0.1, -0.05) is 17.7 Å². The summed E-state index contributed by atoms with van der Waals surface area (Å²) in [5.41, 5.74) is 0.973. The first-order valence-corrected chi connectivity index (χ1v) is 10.2. The molecule has 2 unspecified atom stereocenters. The largest absolute Gasteiger partial charge is 0.491 e. The van der Waals surface area contributed by atoms with Crippen LogP contribution in [0.3, 0.4) is 0 Å². The zero-order valence-electron chi connectivity index (χ0n) is 16.4. The molecule has 0 amide bonds. The van der Waals surface area contributed by atoms with E-state index in [0.717, 1.165) is 5.56 Å². The van der Waals surface area contributed by atoms with Crippen LogP contribution in [0, 0.1) is 5.92 Å². The maximum atomic E-state index is 12.3. The van der Waals surface area contributed by atoms with Crippen molar-refractivity contribution >= 4 is 28.5 Å². The number of para-hydroxylation sites is 1. The molecule has 7 heteroatoms. The van der Waals surface area contributed by atoms with E-state index in [1.54, 1.807) is 37.3 Å². The van der Waals surface area contributed by atoms with Crippen molar-refractivity contribution in [1.82, 2.24) is 0 Å². The van der Waals surface area contributed by atoms with Gasteiger partial charge in [0.2, 0.25) is 0 Å². The molecule has 3 aromatic rings. The summed E-state index contributed by atoms with van der Waals surface area (Å²) in [6, 6.07) is 13.8. The Morgan fingerprint density at radius 3 is 2.73 bits per heavy atom. The Morgan fingerprint density at radius 1 is 1.17 bits per heavy atom. The average molecular weight is 429 g/mol. The van der Waals surface area contributed by atoms with E-state index in [9.17, 15) is 9.59 Å². The van der Waals surface area contributed by atoms with Crippen LogP contribution in [-0.4, -0.2) is 31.9 Å². The first-order chi connectivity index (χ1) is 14.6. The van der Waals surface area contributed by atoms with Gasteiger partial charge >= 0.3 is 5.97 Å². The molecule has 0 saturated heterocycles. The second-order valence-corrected chi connectivity index (χ2v) is 7.37. The van der Waals surface area contributed by atoms with Gasteiger partial charge < -0.3 is 18.6 Å². The van der Waals surface area contributed by atoms with Gasteiger partial charge in [0.1, 0.15) is 18.1 Å². The third-order valence-corrected chi connectivity index (χ3v) is 5.15. The van der Waals surface area contributed by atoms with E-state index in [1.165, 1.54) is 6.07 Å². The molecular formula is C23H21ClO6. The zero-order chi connectivity index (χ0) is 21.1. The van der Waals surface area contributed by atoms with Crippen LogP contribution in [0.1, 0.15) is 13.3 Å². The molecule has 2 aromatic carbocycles. The fraction of sp³-hybridized carbons (Fsp3) is 0.304. The molecule has 156 valence electrons. The standard InChI is InChI=1S/C23H21ClO6/c1-2-27-23(26)17-12-21(17)29-11-10-28-15-8-6-14(7-9-15)20-13-19(25)16-4-3-5-18(24)22(16)30-20/h3-9,13,17,21H,2,10-12H2,1H3. The molecule has 6 nitrogen and oxygen atoms in total. The number of carbonyl (C=O) groups excluding carboxylic acids is 1. The van der Waals surface area contributed by atoms with E-state index in [4.69, 9.17) is 30.2 Å². The number of halogens is 1. The Morgan fingerprint density at radius 2 is 1.97 bits per heavy atom. The molecule has 1 fully saturated rings. The Balaban J connectivity index is 1.33. The van der Waals surface area contributed by atoms with Crippen LogP contribution < -0.4 is 10.2 Å². The minimum Gasteiger partial charge on any atom is -0.491 e. The lowest BCUT2D eigenvalue weighted by Gasteiger charge is -2.08. The topological polar surface area (TPSA) is 75.0 Å². The van der Waals surface area contributed by atoms with Gasteiger partial charge in [-0.3, -0.25) is 9.59 Å². The molecule has 1 heterocycles. The number of hydrogen-bond donors (Lipinski definition) is 0. The lowest BCUT2D eigenvalue weighted by atomic mass is 10.1. The van der Waals surface area contributed by atoms with E-state index in [1.807, 2.05) is 12.1 Å². The molecule has 30 heavy (non-hydrogen) atoms. The molecule has 0 radical (unpaired) electrons. The third kappa shape index (κ3) is 4.50. The summed E-state index contributed by atoms with van der Waals surface area (Å²) in [6.45, 7) is 2.93. The van der Waals surface area contributed by atoms with Crippen molar-refractivity contribution in [2.24, 2.45) is 5.92 Å². The number of esters is 1. The van der Waals surface area contributed by atoms with Crippen molar-refractivity contribution in [2.75, 3.05) is 19.8 Å². The van der Waals surface area contributed by atoms with Gasteiger partial charge in [-0.2, -0.15) is 0 Å². The van der Waals surface area contributed by atoms with Crippen LogP contribution in [-0.2, 0) is 14.3 Å². The van der Waals surface area contributed by atoms with Gasteiger partial charge in [-0.15, -0.1) is 0 Å². The third-order valence-electron chi connectivity index (χ3n) is 4.85. The highest BCUT2D eigenvalue weighted by Gasteiger charge is 2.45. The van der Waals surface area contributed by atoms with Crippen molar-refractivity contribution in [1.29, 1.82) is 0 Å². The van der Waals surface area contributed by atoms with Crippen LogP contribution >= 0.6 is 11.6 Å². The quantitative estimate of drug-likeness (QED) is 0.389. The van der Waals surface area contributed by atoms with Gasteiger partial charge in [-0.25, -0.2) is 0 Å². The molecule has 0 bridgehead atoms. The number of rotatable bonds is 8. The lowest BCUT2D eigenvalue weighted by molar-refractivity contribution is -0.145. The summed E-state index contributed by atoms with van der Waals surface area (Å²) in [5, 5.41) is 0.847. The summed E-state index contributed by atoms with van der Waals surface area (Å²) in [5.74, 6) is 0.769.